The third-order valence-corrected chi connectivity index (χ3v) is 7.61. The fraction of sp³-hybridized carbons (Fsp3) is 0. The summed E-state index contributed by atoms with van der Waals surface area (Å²) in [6.07, 6.45) is 8.33. The van der Waals surface area contributed by atoms with Crippen molar-refractivity contribution in [2.24, 2.45) is 25.6 Å². The van der Waals surface area contributed by atoms with E-state index < -0.39 is 31.8 Å². The second-order valence-electron chi connectivity index (χ2n) is 8.20. The predicted molar refractivity (Wildman–Crippen MR) is 144 cm³/mol. The SMILES string of the molecule is NS(=O)(=O)c1cccc(NS(=O)(=O)c2ccc([O-])c(N=N/C(N=Nc3ccccc3C(=O)[O-])=C3\C=CC=C[CH-]3)c2)c1.[Cu+2]. The van der Waals surface area contributed by atoms with Gasteiger partial charge in [-0.1, -0.05) is 36.1 Å². The van der Waals surface area contributed by atoms with E-state index in [9.17, 15) is 31.8 Å². The minimum absolute atomic E-state index is 0. The Morgan fingerprint density at radius 1 is 0.857 bits per heavy atom. The first kappa shape index (κ1) is 31.9. The molecule has 1 aliphatic rings. The fourth-order valence-electron chi connectivity index (χ4n) is 3.35. The summed E-state index contributed by atoms with van der Waals surface area (Å²) in [5.41, 5.74) is -0.236. The van der Waals surface area contributed by atoms with Crippen LogP contribution in [0.25, 0.3) is 0 Å². The van der Waals surface area contributed by atoms with Crippen molar-refractivity contribution in [2.45, 2.75) is 9.79 Å². The van der Waals surface area contributed by atoms with Crippen LogP contribution in [0.2, 0.25) is 0 Å². The van der Waals surface area contributed by atoms with E-state index in [1.807, 2.05) is 0 Å². The summed E-state index contributed by atoms with van der Waals surface area (Å²) in [6, 6.07) is 13.6. The zero-order valence-corrected chi connectivity index (χ0v) is 23.7. The molecule has 3 N–H and O–H groups in total. The van der Waals surface area contributed by atoms with Gasteiger partial charge in [-0.25, -0.2) is 22.0 Å². The topological polar surface area (TPSA) is 219 Å². The molecule has 0 aromatic heterocycles. The quantitative estimate of drug-likeness (QED) is 0.199. The number of hydrogen-bond donors (Lipinski definition) is 2. The van der Waals surface area contributed by atoms with Gasteiger partial charge in [0.05, 0.1) is 32.8 Å². The average molecular weight is 655 g/mol. The summed E-state index contributed by atoms with van der Waals surface area (Å²) >= 11 is 0. The molecule has 0 fully saturated rings. The molecule has 0 atom stereocenters. The average Bonchev–Trinajstić information content (AvgIpc) is 2.94. The van der Waals surface area contributed by atoms with Gasteiger partial charge in [0.1, 0.15) is 5.82 Å². The number of primary sulfonamides is 1. The number of carboxylic acids is 1. The Labute approximate surface area is 251 Å². The molecule has 0 bridgehead atoms. The van der Waals surface area contributed by atoms with Crippen molar-refractivity contribution in [1.29, 1.82) is 0 Å². The smallest absolute Gasteiger partial charge is 0.871 e. The number of allylic oxidation sites excluding steroid dienone is 5. The number of sulfonamides is 2. The number of carboxylic acid groups (broad SMARTS) is 1. The van der Waals surface area contributed by atoms with Crippen molar-refractivity contribution in [2.75, 3.05) is 4.72 Å². The maximum atomic E-state index is 13.0. The number of benzene rings is 3. The van der Waals surface area contributed by atoms with Gasteiger partial charge < -0.3 is 15.0 Å². The number of nitrogens with zero attached hydrogens (tertiary/aromatic N) is 4. The zero-order valence-electron chi connectivity index (χ0n) is 21.1. The molecule has 0 saturated heterocycles. The Bertz CT molecular complexity index is 1890. The van der Waals surface area contributed by atoms with Gasteiger partial charge in [0.2, 0.25) is 10.0 Å². The van der Waals surface area contributed by atoms with Crippen LogP contribution in [0.3, 0.4) is 0 Å². The summed E-state index contributed by atoms with van der Waals surface area (Å²) < 4.78 is 51.4. The molecule has 0 heterocycles. The summed E-state index contributed by atoms with van der Waals surface area (Å²) in [5, 5.41) is 44.8. The van der Waals surface area contributed by atoms with E-state index in [4.69, 9.17) is 5.14 Å². The fourth-order valence-corrected chi connectivity index (χ4v) is 4.98. The number of anilines is 1. The van der Waals surface area contributed by atoms with Crippen molar-refractivity contribution >= 4 is 43.1 Å². The first-order valence-corrected chi connectivity index (χ1v) is 14.5. The number of rotatable bonds is 9. The molecule has 1 radical (unpaired) electrons. The number of carbonyl (C=O) groups is 1. The van der Waals surface area contributed by atoms with Crippen molar-refractivity contribution in [3.05, 3.63) is 114 Å². The molecule has 3 aromatic carbocycles. The number of aromatic carboxylic acids is 1. The zero-order chi connectivity index (χ0) is 29.6. The molecular formula is C26H19CuN6O7S2-. The van der Waals surface area contributed by atoms with E-state index in [-0.39, 0.29) is 55.3 Å². The third-order valence-electron chi connectivity index (χ3n) is 5.32. The van der Waals surface area contributed by atoms with Crippen LogP contribution < -0.4 is 20.1 Å². The van der Waals surface area contributed by atoms with Crippen molar-refractivity contribution in [3.8, 4) is 5.75 Å². The molecule has 13 nitrogen and oxygen atoms in total. The normalized spacial score (nSPS) is 14.4. The van der Waals surface area contributed by atoms with Gasteiger partial charge in [-0.15, -0.1) is 36.3 Å². The summed E-state index contributed by atoms with van der Waals surface area (Å²) in [6.45, 7) is 0. The Kier molecular flexibility index (Phi) is 10.2. The first-order valence-electron chi connectivity index (χ1n) is 11.5. The maximum absolute atomic E-state index is 13.0. The first-order chi connectivity index (χ1) is 19.4. The maximum Gasteiger partial charge on any atom is 2.00 e. The number of hydrogen-bond acceptors (Lipinski definition) is 11. The van der Waals surface area contributed by atoms with Crippen molar-refractivity contribution in [3.63, 3.8) is 0 Å². The molecule has 4 rings (SSSR count). The molecule has 0 aliphatic heterocycles. The minimum atomic E-state index is -4.30. The van der Waals surface area contributed by atoms with Gasteiger partial charge in [-0.2, -0.15) is 20.5 Å². The van der Waals surface area contributed by atoms with Crippen LogP contribution in [0.15, 0.2) is 133 Å². The monoisotopic (exact) mass is 654 g/mol. The largest absolute Gasteiger partial charge is 2.00 e. The Balaban J connectivity index is 0.00000484. The number of nitrogens with two attached hydrogens (primary N) is 1. The summed E-state index contributed by atoms with van der Waals surface area (Å²) in [7, 11) is -8.38. The minimum Gasteiger partial charge on any atom is -0.871 e. The Morgan fingerprint density at radius 3 is 2.24 bits per heavy atom. The second kappa shape index (κ2) is 13.4. The van der Waals surface area contributed by atoms with E-state index in [1.54, 1.807) is 36.8 Å². The molecular weight excluding hydrogens is 636 g/mol. The molecule has 219 valence electrons. The van der Waals surface area contributed by atoms with E-state index >= 15 is 0 Å². The van der Waals surface area contributed by atoms with Gasteiger partial charge in [-0.3, -0.25) is 4.72 Å². The molecule has 1 aliphatic carbocycles. The summed E-state index contributed by atoms with van der Waals surface area (Å²) in [4.78, 5) is 10.7. The van der Waals surface area contributed by atoms with E-state index in [0.717, 1.165) is 24.3 Å². The van der Waals surface area contributed by atoms with Crippen molar-refractivity contribution in [1.82, 2.24) is 0 Å². The van der Waals surface area contributed by atoms with Gasteiger partial charge >= 0.3 is 17.1 Å². The van der Waals surface area contributed by atoms with Crippen LogP contribution in [-0.2, 0) is 37.1 Å². The molecule has 16 heteroatoms. The van der Waals surface area contributed by atoms with Gasteiger partial charge in [0.15, 0.2) is 0 Å². The van der Waals surface area contributed by atoms with Crippen LogP contribution in [0.1, 0.15) is 10.4 Å². The van der Waals surface area contributed by atoms with Gasteiger partial charge in [-0.05, 0) is 36.4 Å². The second-order valence-corrected chi connectivity index (χ2v) is 11.4. The number of azo groups is 2. The third kappa shape index (κ3) is 7.99. The molecule has 42 heavy (non-hydrogen) atoms. The van der Waals surface area contributed by atoms with E-state index in [1.165, 1.54) is 36.4 Å². The predicted octanol–water partition coefficient (Wildman–Crippen LogP) is 2.98. The standard InChI is InChI=1S/C26H21N6O7S2.Cu/c27-40(36,37)19-10-6-9-18(15-19)32-41(38,39)20-13-14-24(33)23(16-20)29-31-25(17-7-2-1-3-8-17)30-28-22-12-5-4-11-21(22)26(34)35;/h1-16,32-33H,(H,34,35)(H2,27,36,37);/q-1;+2/p-2. The Morgan fingerprint density at radius 2 is 1.57 bits per heavy atom. The van der Waals surface area contributed by atoms with E-state index in [0.29, 0.717) is 5.57 Å². The van der Waals surface area contributed by atoms with E-state index in [2.05, 4.69) is 25.2 Å². The van der Waals surface area contributed by atoms with Crippen LogP contribution >= 0.6 is 0 Å². The number of nitrogens with one attached hydrogen (secondary N) is 1. The molecule has 0 unspecified atom stereocenters. The van der Waals surface area contributed by atoms with Crippen LogP contribution in [-0.4, -0.2) is 22.8 Å². The van der Waals surface area contributed by atoms with Crippen molar-refractivity contribution < 1.29 is 48.9 Å². The van der Waals surface area contributed by atoms with Gasteiger partial charge in [0, 0.05) is 5.56 Å². The Hall–Kier alpha value is -4.60. The molecule has 3 aromatic rings. The summed E-state index contributed by atoms with van der Waals surface area (Å²) in [5.74, 6) is -2.22. The molecule has 0 spiro atoms. The molecule has 0 saturated carbocycles. The van der Waals surface area contributed by atoms with Crippen LogP contribution in [0.5, 0.6) is 5.75 Å². The molecule has 0 amide bonds. The van der Waals surface area contributed by atoms with Crippen LogP contribution in [0.4, 0.5) is 17.1 Å². The van der Waals surface area contributed by atoms with Crippen LogP contribution in [0, 0.1) is 6.42 Å². The number of carbonyl (C=O) groups excluding carboxylic acids is 1. The van der Waals surface area contributed by atoms with Gasteiger partial charge in [0.25, 0.3) is 10.0 Å².